The zero-order valence-electron chi connectivity index (χ0n) is 15.2. The topological polar surface area (TPSA) is 83.0 Å². The van der Waals surface area contributed by atoms with Crippen LogP contribution in [0.25, 0.3) is 11.4 Å². The molecule has 2 aromatic heterocycles. The Morgan fingerprint density at radius 3 is 2.71 bits per heavy atom. The number of carbonyl (C=O) groups excluding carboxylic acids is 1. The molecule has 0 bridgehead atoms. The summed E-state index contributed by atoms with van der Waals surface area (Å²) in [6, 6.07) is 3.34. The molecule has 0 spiro atoms. The Kier molecular flexibility index (Phi) is 4.88. The van der Waals surface area contributed by atoms with Crippen LogP contribution in [-0.2, 0) is 4.79 Å². The fraction of sp³-hybridized carbons (Fsp3) is 0.444. The lowest BCUT2D eigenvalue weighted by atomic mass is 9.86. The number of fused-ring (bicyclic) bond motifs is 1. The Hall–Kier alpha value is -2.39. The molecule has 2 N–H and O–H groups in total. The molecule has 0 radical (unpaired) electrons. The largest absolute Gasteiger partial charge is 0.354 e. The number of alkyl halides is 2. The van der Waals surface area contributed by atoms with Crippen LogP contribution in [0.4, 0.5) is 20.4 Å². The van der Waals surface area contributed by atoms with Crippen molar-refractivity contribution in [2.45, 2.75) is 25.2 Å². The van der Waals surface area contributed by atoms with Gasteiger partial charge in [-0.25, -0.2) is 23.7 Å². The standard InChI is InChI=1S/C18H19ClF2N6O/c1-18(20,21)11-8-14(28)26-17-15(11)16(23-9-24-17)12-6-10(19)7-13(25-12)27-4-2-22-3-5-27/h6-7,9,11,22H,2-5,8H2,1H3,(H,23,24,26,28)/t11-/m1/s1. The molecule has 7 nitrogen and oxygen atoms in total. The highest BCUT2D eigenvalue weighted by Crippen LogP contribution is 2.45. The molecule has 28 heavy (non-hydrogen) atoms. The molecule has 1 fully saturated rings. The van der Waals surface area contributed by atoms with Gasteiger partial charge in [0.1, 0.15) is 18.0 Å². The Morgan fingerprint density at radius 2 is 2.00 bits per heavy atom. The lowest BCUT2D eigenvalue weighted by molar-refractivity contribution is -0.119. The summed E-state index contributed by atoms with van der Waals surface area (Å²) in [7, 11) is 0. The first kappa shape index (κ1) is 18.9. The van der Waals surface area contributed by atoms with Crippen LogP contribution >= 0.6 is 11.6 Å². The van der Waals surface area contributed by atoms with Crippen LogP contribution < -0.4 is 15.5 Å². The van der Waals surface area contributed by atoms with Crippen molar-refractivity contribution in [3.63, 3.8) is 0 Å². The number of rotatable bonds is 3. The summed E-state index contributed by atoms with van der Waals surface area (Å²) in [5, 5.41) is 6.26. The zero-order chi connectivity index (χ0) is 19.9. The second kappa shape index (κ2) is 7.21. The SMILES string of the molecule is CC(F)(F)[C@@H]1CC(=O)Nc2ncnc(-c3cc(Cl)cc(N4CCNCC4)n3)c21. The van der Waals surface area contributed by atoms with Gasteiger partial charge in [0.05, 0.1) is 17.3 Å². The van der Waals surface area contributed by atoms with Crippen molar-refractivity contribution in [3.8, 4) is 11.4 Å². The first-order valence-corrected chi connectivity index (χ1v) is 9.37. The van der Waals surface area contributed by atoms with Crippen LogP contribution in [0.1, 0.15) is 24.8 Å². The van der Waals surface area contributed by atoms with Gasteiger partial charge in [-0.15, -0.1) is 0 Å². The van der Waals surface area contributed by atoms with Gasteiger partial charge in [-0.1, -0.05) is 11.6 Å². The van der Waals surface area contributed by atoms with E-state index in [2.05, 4.69) is 30.5 Å². The molecule has 1 saturated heterocycles. The van der Waals surface area contributed by atoms with Crippen LogP contribution in [0.15, 0.2) is 18.5 Å². The quantitative estimate of drug-likeness (QED) is 0.812. The van der Waals surface area contributed by atoms with Crippen molar-refractivity contribution in [2.75, 3.05) is 36.4 Å². The van der Waals surface area contributed by atoms with E-state index in [1.54, 1.807) is 12.1 Å². The number of carbonyl (C=O) groups is 1. The van der Waals surface area contributed by atoms with E-state index in [1.807, 2.05) is 0 Å². The van der Waals surface area contributed by atoms with Gasteiger partial charge in [-0.2, -0.15) is 0 Å². The number of amides is 1. The molecule has 4 heterocycles. The summed E-state index contributed by atoms with van der Waals surface area (Å²) in [5.41, 5.74) is 0.830. The van der Waals surface area contributed by atoms with Crippen molar-refractivity contribution >= 4 is 29.1 Å². The van der Waals surface area contributed by atoms with Crippen molar-refractivity contribution in [1.82, 2.24) is 20.3 Å². The summed E-state index contributed by atoms with van der Waals surface area (Å²) in [4.78, 5) is 26.8. The number of pyridine rings is 1. The molecule has 1 amide bonds. The van der Waals surface area contributed by atoms with Crippen LogP contribution in [0.3, 0.4) is 0 Å². The predicted octanol–water partition coefficient (Wildman–Crippen LogP) is 2.68. The van der Waals surface area contributed by atoms with E-state index in [-0.39, 0.29) is 23.5 Å². The number of piperazine rings is 1. The molecule has 10 heteroatoms. The zero-order valence-corrected chi connectivity index (χ0v) is 15.9. The molecule has 148 valence electrons. The molecule has 1 atom stereocenters. The normalized spacial score (nSPS) is 19.9. The number of hydrogen-bond acceptors (Lipinski definition) is 6. The molecule has 2 aromatic rings. The number of halogens is 3. The third-order valence-electron chi connectivity index (χ3n) is 4.95. The maximum absolute atomic E-state index is 14.3. The van der Waals surface area contributed by atoms with Crippen LogP contribution in [-0.4, -0.2) is 53.0 Å². The number of anilines is 2. The van der Waals surface area contributed by atoms with Gasteiger partial charge in [0.15, 0.2) is 0 Å². The van der Waals surface area contributed by atoms with Gasteiger partial charge in [-0.3, -0.25) is 4.79 Å². The molecule has 0 aromatic carbocycles. The average Bonchev–Trinajstić information content (AvgIpc) is 2.66. The summed E-state index contributed by atoms with van der Waals surface area (Å²) < 4.78 is 28.6. The van der Waals surface area contributed by atoms with Gasteiger partial charge in [0, 0.05) is 43.2 Å². The van der Waals surface area contributed by atoms with Crippen molar-refractivity contribution in [3.05, 3.63) is 29.0 Å². The van der Waals surface area contributed by atoms with E-state index in [4.69, 9.17) is 11.6 Å². The average molecular weight is 409 g/mol. The lowest BCUT2D eigenvalue weighted by Gasteiger charge is -2.31. The van der Waals surface area contributed by atoms with Crippen LogP contribution in [0, 0.1) is 0 Å². The lowest BCUT2D eigenvalue weighted by Crippen LogP contribution is -2.43. The summed E-state index contributed by atoms with van der Waals surface area (Å²) in [6.45, 7) is 3.97. The fourth-order valence-electron chi connectivity index (χ4n) is 3.59. The van der Waals surface area contributed by atoms with Gasteiger partial charge in [-0.05, 0) is 19.1 Å². The molecular formula is C18H19ClF2N6O. The Bertz CT molecular complexity index is 913. The molecule has 2 aliphatic heterocycles. The maximum atomic E-state index is 14.3. The Morgan fingerprint density at radius 1 is 1.25 bits per heavy atom. The van der Waals surface area contributed by atoms with E-state index in [9.17, 15) is 13.6 Å². The van der Waals surface area contributed by atoms with Crippen LogP contribution in [0.5, 0.6) is 0 Å². The van der Waals surface area contributed by atoms with Gasteiger partial charge in [0.25, 0.3) is 5.92 Å². The molecule has 0 saturated carbocycles. The fourth-order valence-corrected chi connectivity index (χ4v) is 3.79. The van der Waals surface area contributed by atoms with E-state index in [0.717, 1.165) is 33.1 Å². The highest BCUT2D eigenvalue weighted by molar-refractivity contribution is 6.31. The number of nitrogens with one attached hydrogen (secondary N) is 2. The molecule has 2 aliphatic rings. The predicted molar refractivity (Wildman–Crippen MR) is 102 cm³/mol. The number of nitrogens with zero attached hydrogens (tertiary/aromatic N) is 4. The van der Waals surface area contributed by atoms with Gasteiger partial charge in [0.2, 0.25) is 5.91 Å². The highest BCUT2D eigenvalue weighted by Gasteiger charge is 2.43. The smallest absolute Gasteiger partial charge is 0.252 e. The Labute approximate surface area is 165 Å². The van der Waals surface area contributed by atoms with E-state index < -0.39 is 17.7 Å². The highest BCUT2D eigenvalue weighted by atomic mass is 35.5. The molecule has 4 rings (SSSR count). The second-order valence-electron chi connectivity index (χ2n) is 7.01. The van der Waals surface area contributed by atoms with E-state index >= 15 is 0 Å². The van der Waals surface area contributed by atoms with E-state index in [0.29, 0.717) is 16.5 Å². The maximum Gasteiger partial charge on any atom is 0.252 e. The monoisotopic (exact) mass is 408 g/mol. The van der Waals surface area contributed by atoms with Crippen LogP contribution in [0.2, 0.25) is 5.02 Å². The van der Waals surface area contributed by atoms with Gasteiger partial charge >= 0.3 is 0 Å². The number of aromatic nitrogens is 3. The van der Waals surface area contributed by atoms with Crippen molar-refractivity contribution < 1.29 is 13.6 Å². The minimum atomic E-state index is -3.12. The van der Waals surface area contributed by atoms with E-state index in [1.165, 1.54) is 6.33 Å². The Balaban J connectivity index is 1.83. The minimum absolute atomic E-state index is 0.0956. The summed E-state index contributed by atoms with van der Waals surface area (Å²) >= 11 is 6.31. The minimum Gasteiger partial charge on any atom is -0.354 e. The first-order chi connectivity index (χ1) is 13.3. The second-order valence-corrected chi connectivity index (χ2v) is 7.45. The summed E-state index contributed by atoms with van der Waals surface area (Å²) in [6.07, 6.45) is 0.889. The van der Waals surface area contributed by atoms with Crippen molar-refractivity contribution in [1.29, 1.82) is 0 Å². The molecular weight excluding hydrogens is 390 g/mol. The third kappa shape index (κ3) is 3.64. The first-order valence-electron chi connectivity index (χ1n) is 8.99. The summed E-state index contributed by atoms with van der Waals surface area (Å²) in [5.74, 6) is -4.19. The molecule has 0 unspecified atom stereocenters. The number of hydrogen-bond donors (Lipinski definition) is 2. The van der Waals surface area contributed by atoms with Gasteiger partial charge < -0.3 is 15.5 Å². The third-order valence-corrected chi connectivity index (χ3v) is 5.17. The molecule has 0 aliphatic carbocycles. The van der Waals surface area contributed by atoms with Crippen molar-refractivity contribution in [2.24, 2.45) is 0 Å².